The van der Waals surface area contributed by atoms with Gasteiger partial charge in [-0.05, 0) is 12.9 Å². The van der Waals surface area contributed by atoms with Crippen LogP contribution in [0.2, 0.25) is 6.04 Å². The molecule has 3 heteroatoms. The van der Waals surface area contributed by atoms with Crippen molar-refractivity contribution in [3.8, 4) is 0 Å². The zero-order valence-electron chi connectivity index (χ0n) is 4.68. The van der Waals surface area contributed by atoms with Crippen molar-refractivity contribution in [2.24, 2.45) is 0 Å². The quantitative estimate of drug-likeness (QED) is 0.260. The average Bonchev–Trinajstić information content (AvgIpc) is 1.69. The molecule has 0 heterocycles. The Balaban J connectivity index is 2.45. The lowest BCUT2D eigenvalue weighted by molar-refractivity contribution is 0.463. The van der Waals surface area contributed by atoms with Crippen molar-refractivity contribution in [3.63, 3.8) is 0 Å². The third-order valence-electron chi connectivity index (χ3n) is 0.839. The van der Waals surface area contributed by atoms with Crippen LogP contribution in [0.25, 0.3) is 0 Å². The maximum Gasteiger partial charge on any atom is 0.0533 e. The van der Waals surface area contributed by atoms with Gasteiger partial charge in [-0.15, -0.1) is 0 Å². The standard InChI is InChI=1S/C4H12OSSi/c1-2-3-7-4-5-6/h6H,2-4,7H2,1H3. The zero-order valence-corrected chi connectivity index (χ0v) is 6.99. The molecule has 44 valence electrons. The molecular weight excluding hydrogens is 124 g/mol. The zero-order chi connectivity index (χ0) is 5.54. The van der Waals surface area contributed by atoms with E-state index in [1.165, 1.54) is 12.5 Å². The van der Waals surface area contributed by atoms with E-state index in [0.717, 1.165) is 6.23 Å². The first kappa shape index (κ1) is 7.53. The van der Waals surface area contributed by atoms with Gasteiger partial charge >= 0.3 is 0 Å². The van der Waals surface area contributed by atoms with Gasteiger partial charge in [-0.25, -0.2) is 0 Å². The minimum atomic E-state index is 0.113. The van der Waals surface area contributed by atoms with Gasteiger partial charge in [-0.2, -0.15) is 0 Å². The van der Waals surface area contributed by atoms with Crippen molar-refractivity contribution in [1.29, 1.82) is 0 Å². The summed E-state index contributed by atoms with van der Waals surface area (Å²) in [5, 5.41) is 0. The van der Waals surface area contributed by atoms with E-state index in [4.69, 9.17) is 0 Å². The van der Waals surface area contributed by atoms with E-state index < -0.39 is 0 Å². The molecule has 0 aromatic carbocycles. The normalized spacial score (nSPS) is 11.1. The van der Waals surface area contributed by atoms with Crippen LogP contribution in [0.5, 0.6) is 0 Å². The van der Waals surface area contributed by atoms with E-state index in [1.807, 2.05) is 0 Å². The molecule has 0 aliphatic carbocycles. The van der Waals surface area contributed by atoms with Crippen LogP contribution in [0.15, 0.2) is 0 Å². The van der Waals surface area contributed by atoms with Gasteiger partial charge in [0.25, 0.3) is 0 Å². The Hall–Kier alpha value is 0.527. The van der Waals surface area contributed by atoms with E-state index in [2.05, 4.69) is 24.0 Å². The minimum Gasteiger partial charge on any atom is -0.323 e. The van der Waals surface area contributed by atoms with Gasteiger partial charge in [0.1, 0.15) is 0 Å². The highest BCUT2D eigenvalue weighted by molar-refractivity contribution is 7.75. The number of hydrogen-bond donors (Lipinski definition) is 1. The summed E-state index contributed by atoms with van der Waals surface area (Å²) in [6.45, 7) is 2.20. The molecule has 0 aliphatic rings. The second-order valence-corrected chi connectivity index (χ2v) is 3.62. The smallest absolute Gasteiger partial charge is 0.0533 e. The van der Waals surface area contributed by atoms with Crippen molar-refractivity contribution >= 4 is 22.4 Å². The molecule has 0 saturated carbocycles. The lowest BCUT2D eigenvalue weighted by Gasteiger charge is -1.90. The second kappa shape index (κ2) is 6.53. The van der Waals surface area contributed by atoms with Crippen molar-refractivity contribution in [2.45, 2.75) is 19.4 Å². The molecule has 0 aliphatic heterocycles. The fraction of sp³-hybridized carbons (Fsp3) is 1.00. The molecule has 0 rings (SSSR count). The fourth-order valence-electron chi connectivity index (χ4n) is 0.417. The van der Waals surface area contributed by atoms with Crippen molar-refractivity contribution < 1.29 is 4.18 Å². The third kappa shape index (κ3) is 6.53. The SMILES string of the molecule is CCC[SiH2]COS. The molecule has 0 aromatic heterocycles. The molecule has 0 bridgehead atoms. The Morgan fingerprint density at radius 2 is 2.43 bits per heavy atom. The molecule has 0 saturated heterocycles. The van der Waals surface area contributed by atoms with Crippen LogP contribution in [-0.2, 0) is 4.18 Å². The lowest BCUT2D eigenvalue weighted by Crippen LogP contribution is -1.95. The average molecular weight is 136 g/mol. The molecule has 7 heavy (non-hydrogen) atoms. The summed E-state index contributed by atoms with van der Waals surface area (Å²) in [6, 6.07) is 1.39. The first-order valence-electron chi connectivity index (χ1n) is 2.68. The summed E-state index contributed by atoms with van der Waals surface area (Å²) in [4.78, 5) is 0. The Morgan fingerprint density at radius 3 is 2.86 bits per heavy atom. The molecule has 0 aromatic rings. The monoisotopic (exact) mass is 136 g/mol. The summed E-state index contributed by atoms with van der Waals surface area (Å²) in [5.74, 6) is 0. The van der Waals surface area contributed by atoms with Crippen LogP contribution in [0.1, 0.15) is 13.3 Å². The lowest BCUT2D eigenvalue weighted by atomic mass is 10.6. The largest absolute Gasteiger partial charge is 0.323 e. The summed E-state index contributed by atoms with van der Waals surface area (Å²) in [7, 11) is 0.113. The Labute approximate surface area is 52.9 Å². The number of hydrogen-bond acceptors (Lipinski definition) is 2. The van der Waals surface area contributed by atoms with Crippen LogP contribution in [-0.4, -0.2) is 15.7 Å². The van der Waals surface area contributed by atoms with Crippen LogP contribution < -0.4 is 0 Å². The topological polar surface area (TPSA) is 9.23 Å². The Morgan fingerprint density at radius 1 is 1.71 bits per heavy atom. The second-order valence-electron chi connectivity index (χ2n) is 1.54. The maximum atomic E-state index is 4.60. The van der Waals surface area contributed by atoms with E-state index in [9.17, 15) is 0 Å². The van der Waals surface area contributed by atoms with Crippen LogP contribution >= 0.6 is 12.9 Å². The summed E-state index contributed by atoms with van der Waals surface area (Å²) >= 11 is 3.63. The van der Waals surface area contributed by atoms with Gasteiger partial charge in [-0.3, -0.25) is 0 Å². The van der Waals surface area contributed by atoms with Crippen LogP contribution in [0, 0.1) is 0 Å². The highest BCUT2D eigenvalue weighted by atomic mass is 32.1. The number of thiol groups is 1. The molecular formula is C4H12OSSi. The van der Waals surface area contributed by atoms with E-state index in [0.29, 0.717) is 0 Å². The van der Waals surface area contributed by atoms with Crippen molar-refractivity contribution in [3.05, 3.63) is 0 Å². The summed E-state index contributed by atoms with van der Waals surface area (Å²) < 4.78 is 4.60. The van der Waals surface area contributed by atoms with Crippen molar-refractivity contribution in [2.75, 3.05) is 6.23 Å². The summed E-state index contributed by atoms with van der Waals surface area (Å²) in [6.07, 6.45) is 2.24. The van der Waals surface area contributed by atoms with E-state index >= 15 is 0 Å². The molecule has 0 atom stereocenters. The minimum absolute atomic E-state index is 0.113. The van der Waals surface area contributed by atoms with Crippen LogP contribution in [0.3, 0.4) is 0 Å². The van der Waals surface area contributed by atoms with E-state index in [-0.39, 0.29) is 9.52 Å². The predicted molar refractivity (Wildman–Crippen MR) is 38.6 cm³/mol. The van der Waals surface area contributed by atoms with Gasteiger partial charge in [0.2, 0.25) is 0 Å². The van der Waals surface area contributed by atoms with Gasteiger partial charge in [0.05, 0.1) is 9.52 Å². The third-order valence-corrected chi connectivity index (χ3v) is 3.07. The van der Waals surface area contributed by atoms with Crippen LogP contribution in [0.4, 0.5) is 0 Å². The molecule has 0 radical (unpaired) electrons. The van der Waals surface area contributed by atoms with E-state index in [1.54, 1.807) is 0 Å². The number of rotatable bonds is 4. The maximum absolute atomic E-state index is 4.60. The molecule has 0 spiro atoms. The fourth-order valence-corrected chi connectivity index (χ4v) is 1.64. The van der Waals surface area contributed by atoms with Gasteiger partial charge in [-0.1, -0.05) is 19.4 Å². The highest BCUT2D eigenvalue weighted by Crippen LogP contribution is 1.85. The molecule has 0 fully saturated rings. The van der Waals surface area contributed by atoms with Gasteiger partial charge in [0.15, 0.2) is 0 Å². The Bertz CT molecular complexity index is 30.9. The Kier molecular flexibility index (Phi) is 7.02. The van der Waals surface area contributed by atoms with Gasteiger partial charge in [0, 0.05) is 6.23 Å². The molecule has 0 N–H and O–H groups in total. The van der Waals surface area contributed by atoms with Crippen molar-refractivity contribution in [1.82, 2.24) is 0 Å². The first-order valence-corrected chi connectivity index (χ1v) is 5.04. The predicted octanol–water partition coefficient (Wildman–Crippen LogP) is 0.802. The molecule has 1 nitrogen and oxygen atoms in total. The molecule has 0 amide bonds. The summed E-state index contributed by atoms with van der Waals surface area (Å²) in [5.41, 5.74) is 0. The molecule has 0 unspecified atom stereocenters. The highest BCUT2D eigenvalue weighted by Gasteiger charge is 1.82. The van der Waals surface area contributed by atoms with Gasteiger partial charge < -0.3 is 4.18 Å². The first-order chi connectivity index (χ1) is 3.41.